The first-order chi connectivity index (χ1) is 11.3. The molecule has 0 radical (unpaired) electrons. The van der Waals surface area contributed by atoms with E-state index in [1.807, 2.05) is 6.07 Å². The summed E-state index contributed by atoms with van der Waals surface area (Å²) in [5.74, 6) is 0.893. The van der Waals surface area contributed by atoms with Crippen LogP contribution in [0.3, 0.4) is 0 Å². The summed E-state index contributed by atoms with van der Waals surface area (Å²) in [5.41, 5.74) is 1.71. The lowest BCUT2D eigenvalue weighted by molar-refractivity contribution is 0.0915. The largest absolute Gasteiger partial charge is 0.497 e. The number of hydrogen-bond acceptors (Lipinski definition) is 3. The van der Waals surface area contributed by atoms with Crippen molar-refractivity contribution in [2.75, 3.05) is 7.11 Å². The summed E-state index contributed by atoms with van der Waals surface area (Å²) in [5, 5.41) is 3.18. The van der Waals surface area contributed by atoms with Crippen LogP contribution in [-0.4, -0.2) is 24.0 Å². The van der Waals surface area contributed by atoms with Crippen LogP contribution < -0.4 is 10.1 Å². The van der Waals surface area contributed by atoms with Gasteiger partial charge in [0.25, 0.3) is 5.91 Å². The van der Waals surface area contributed by atoms with Crippen LogP contribution in [0.1, 0.15) is 47.7 Å². The van der Waals surface area contributed by atoms with Gasteiger partial charge in [0.15, 0.2) is 0 Å². The van der Waals surface area contributed by atoms with Crippen LogP contribution >= 0.6 is 0 Å². The van der Waals surface area contributed by atoms with E-state index in [9.17, 15) is 4.79 Å². The molecule has 2 atom stereocenters. The number of ether oxygens (including phenoxy) is 1. The van der Waals surface area contributed by atoms with Crippen molar-refractivity contribution in [2.45, 2.75) is 37.6 Å². The van der Waals surface area contributed by atoms with Crippen molar-refractivity contribution in [3.63, 3.8) is 0 Å². The maximum atomic E-state index is 12.5. The Bertz CT molecular complexity index is 657. The second-order valence-corrected chi connectivity index (χ2v) is 5.96. The van der Waals surface area contributed by atoms with E-state index in [1.165, 1.54) is 12.0 Å². The number of pyridine rings is 1. The fraction of sp³-hybridized carbons (Fsp3) is 0.368. The van der Waals surface area contributed by atoms with Crippen molar-refractivity contribution >= 4 is 5.91 Å². The van der Waals surface area contributed by atoms with Crippen LogP contribution in [0, 0.1) is 0 Å². The van der Waals surface area contributed by atoms with Gasteiger partial charge in [-0.3, -0.25) is 9.78 Å². The number of nitrogens with one attached hydrogen (secondary N) is 1. The quantitative estimate of drug-likeness (QED) is 0.939. The smallest absolute Gasteiger partial charge is 0.270 e. The summed E-state index contributed by atoms with van der Waals surface area (Å²) in [4.78, 5) is 16.7. The molecule has 0 aliphatic heterocycles. The molecule has 1 aliphatic carbocycles. The number of benzene rings is 1. The van der Waals surface area contributed by atoms with Gasteiger partial charge in [0.1, 0.15) is 11.4 Å². The number of aromatic nitrogens is 1. The standard InChI is InChI=1S/C19H22N2O2/c1-23-15-11-12-20-18(13-15)19(22)21-17-10-6-5-9-16(17)14-7-3-2-4-8-14/h2-4,7-8,11-13,16-17H,5-6,9-10H2,1H3,(H,21,22). The zero-order chi connectivity index (χ0) is 16.1. The van der Waals surface area contributed by atoms with E-state index in [0.29, 0.717) is 17.4 Å². The highest BCUT2D eigenvalue weighted by Crippen LogP contribution is 2.33. The molecule has 4 heteroatoms. The molecular weight excluding hydrogens is 288 g/mol. The van der Waals surface area contributed by atoms with Crippen molar-refractivity contribution in [3.8, 4) is 5.75 Å². The van der Waals surface area contributed by atoms with Crippen LogP contribution in [0.2, 0.25) is 0 Å². The normalized spacial score (nSPS) is 20.7. The first-order valence-corrected chi connectivity index (χ1v) is 8.14. The lowest BCUT2D eigenvalue weighted by atomic mass is 9.80. The molecular formula is C19H22N2O2. The van der Waals surface area contributed by atoms with Crippen molar-refractivity contribution < 1.29 is 9.53 Å². The second kappa shape index (κ2) is 7.27. The molecule has 2 unspecified atom stereocenters. The highest BCUT2D eigenvalue weighted by molar-refractivity contribution is 5.92. The Morgan fingerprint density at radius 3 is 2.74 bits per heavy atom. The summed E-state index contributed by atoms with van der Waals surface area (Å²) in [7, 11) is 1.59. The number of carbonyl (C=O) groups is 1. The molecule has 1 heterocycles. The van der Waals surface area contributed by atoms with Crippen LogP contribution in [0.25, 0.3) is 0 Å². The third-order valence-corrected chi connectivity index (χ3v) is 4.51. The van der Waals surface area contributed by atoms with Gasteiger partial charge in [-0.2, -0.15) is 0 Å². The topological polar surface area (TPSA) is 51.2 Å². The summed E-state index contributed by atoms with van der Waals surface area (Å²) in [6.45, 7) is 0. The molecule has 120 valence electrons. The van der Waals surface area contributed by atoms with Crippen LogP contribution in [0.5, 0.6) is 5.75 Å². The maximum absolute atomic E-state index is 12.5. The van der Waals surface area contributed by atoms with Gasteiger partial charge >= 0.3 is 0 Å². The van der Waals surface area contributed by atoms with Gasteiger partial charge in [-0.25, -0.2) is 0 Å². The first-order valence-electron chi connectivity index (χ1n) is 8.14. The molecule has 4 nitrogen and oxygen atoms in total. The molecule has 1 fully saturated rings. The average molecular weight is 310 g/mol. The molecule has 0 spiro atoms. The van der Waals surface area contributed by atoms with E-state index in [2.05, 4.69) is 34.6 Å². The molecule has 1 saturated carbocycles. The van der Waals surface area contributed by atoms with E-state index in [-0.39, 0.29) is 11.9 Å². The van der Waals surface area contributed by atoms with Gasteiger partial charge in [-0.1, -0.05) is 43.2 Å². The van der Waals surface area contributed by atoms with Crippen LogP contribution in [-0.2, 0) is 0 Å². The predicted molar refractivity (Wildman–Crippen MR) is 89.7 cm³/mol. The van der Waals surface area contributed by atoms with Crippen LogP contribution in [0.4, 0.5) is 0 Å². The zero-order valence-corrected chi connectivity index (χ0v) is 13.4. The van der Waals surface area contributed by atoms with E-state index < -0.39 is 0 Å². The molecule has 3 rings (SSSR count). The fourth-order valence-electron chi connectivity index (χ4n) is 3.31. The SMILES string of the molecule is COc1ccnc(C(=O)NC2CCCCC2c2ccccc2)c1. The van der Waals surface area contributed by atoms with E-state index in [4.69, 9.17) is 4.74 Å². The van der Waals surface area contributed by atoms with Gasteiger partial charge in [-0.15, -0.1) is 0 Å². The highest BCUT2D eigenvalue weighted by Gasteiger charge is 2.28. The summed E-state index contributed by atoms with van der Waals surface area (Å²) in [6.07, 6.45) is 6.09. The van der Waals surface area contributed by atoms with Gasteiger partial charge in [-0.05, 0) is 24.5 Å². The third kappa shape index (κ3) is 3.70. The Balaban J connectivity index is 1.75. The summed E-state index contributed by atoms with van der Waals surface area (Å²) in [6, 6.07) is 14.0. The lowest BCUT2D eigenvalue weighted by Gasteiger charge is -2.32. The van der Waals surface area contributed by atoms with Gasteiger partial charge in [0, 0.05) is 24.2 Å². The molecule has 0 bridgehead atoms. The Kier molecular flexibility index (Phi) is 4.91. The van der Waals surface area contributed by atoms with Crippen molar-refractivity contribution in [2.24, 2.45) is 0 Å². The van der Waals surface area contributed by atoms with Crippen molar-refractivity contribution in [1.82, 2.24) is 10.3 Å². The third-order valence-electron chi connectivity index (χ3n) is 4.51. The van der Waals surface area contributed by atoms with Gasteiger partial charge in [0.2, 0.25) is 0 Å². The molecule has 1 aromatic carbocycles. The highest BCUT2D eigenvalue weighted by atomic mass is 16.5. The van der Waals surface area contributed by atoms with Gasteiger partial charge in [0.05, 0.1) is 7.11 Å². The fourth-order valence-corrected chi connectivity index (χ4v) is 3.31. The Hall–Kier alpha value is -2.36. The monoisotopic (exact) mass is 310 g/mol. The summed E-state index contributed by atoms with van der Waals surface area (Å²) < 4.78 is 5.17. The number of methoxy groups -OCH3 is 1. The predicted octanol–water partition coefficient (Wildman–Crippen LogP) is 3.55. The molecule has 1 aliphatic rings. The number of rotatable bonds is 4. The van der Waals surface area contributed by atoms with Crippen molar-refractivity contribution in [1.29, 1.82) is 0 Å². The zero-order valence-electron chi connectivity index (χ0n) is 13.4. The van der Waals surface area contributed by atoms with E-state index >= 15 is 0 Å². The average Bonchev–Trinajstić information content (AvgIpc) is 2.63. The van der Waals surface area contributed by atoms with E-state index in [0.717, 1.165) is 19.3 Å². The number of amides is 1. The molecule has 23 heavy (non-hydrogen) atoms. The van der Waals surface area contributed by atoms with Crippen molar-refractivity contribution in [3.05, 3.63) is 59.9 Å². The molecule has 1 aromatic heterocycles. The second-order valence-electron chi connectivity index (χ2n) is 5.96. The summed E-state index contributed by atoms with van der Waals surface area (Å²) >= 11 is 0. The minimum absolute atomic E-state index is 0.128. The number of nitrogens with zero attached hydrogens (tertiary/aromatic N) is 1. The van der Waals surface area contributed by atoms with Crippen LogP contribution in [0.15, 0.2) is 48.7 Å². The molecule has 2 aromatic rings. The lowest BCUT2D eigenvalue weighted by Crippen LogP contribution is -2.41. The number of carbonyl (C=O) groups excluding carboxylic acids is 1. The molecule has 1 amide bonds. The minimum Gasteiger partial charge on any atom is -0.497 e. The number of hydrogen-bond donors (Lipinski definition) is 1. The Labute approximate surface area is 136 Å². The minimum atomic E-state index is -0.128. The Morgan fingerprint density at radius 1 is 1.17 bits per heavy atom. The molecule has 0 saturated heterocycles. The Morgan fingerprint density at radius 2 is 1.96 bits per heavy atom. The van der Waals surface area contributed by atoms with E-state index in [1.54, 1.807) is 25.4 Å². The maximum Gasteiger partial charge on any atom is 0.270 e. The molecule has 1 N–H and O–H groups in total. The van der Waals surface area contributed by atoms with Gasteiger partial charge < -0.3 is 10.1 Å². The first kappa shape index (κ1) is 15.5.